The molecule has 0 spiro atoms. The van der Waals surface area contributed by atoms with Gasteiger partial charge in [-0.25, -0.2) is 4.79 Å². The van der Waals surface area contributed by atoms with E-state index in [0.717, 1.165) is 56.9 Å². The summed E-state index contributed by atoms with van der Waals surface area (Å²) >= 11 is 0. The Morgan fingerprint density at radius 2 is 1.94 bits per heavy atom. The molecule has 6 heteroatoms. The van der Waals surface area contributed by atoms with Gasteiger partial charge in [-0.2, -0.15) is 0 Å². The van der Waals surface area contributed by atoms with E-state index in [1.54, 1.807) is 6.26 Å². The Morgan fingerprint density at radius 3 is 2.71 bits per heavy atom. The average molecular weight is 485 g/mol. The fourth-order valence-corrected chi connectivity index (χ4v) is 9.85. The Balaban J connectivity index is 1.21. The lowest BCUT2D eigenvalue weighted by Gasteiger charge is -2.64. The van der Waals surface area contributed by atoms with Gasteiger partial charge >= 0.3 is 5.63 Å². The number of fused-ring (bicyclic) bond motifs is 5. The quantitative estimate of drug-likeness (QED) is 0.676. The summed E-state index contributed by atoms with van der Waals surface area (Å²) in [5.41, 5.74) is 6.26. The Hall–Kier alpha value is -1.21. The molecule has 3 N–H and O–H groups in total. The van der Waals surface area contributed by atoms with E-state index in [0.29, 0.717) is 29.8 Å². The van der Waals surface area contributed by atoms with Crippen molar-refractivity contribution in [1.82, 2.24) is 4.90 Å². The molecule has 0 radical (unpaired) electrons. The molecule has 5 fully saturated rings. The summed E-state index contributed by atoms with van der Waals surface area (Å²) in [6.45, 7) is 8.33. The summed E-state index contributed by atoms with van der Waals surface area (Å²) in [5, 5.41) is 12.4. The van der Waals surface area contributed by atoms with Gasteiger partial charge in [0.1, 0.15) is 0 Å². The highest BCUT2D eigenvalue weighted by molar-refractivity contribution is 5.27. The van der Waals surface area contributed by atoms with Gasteiger partial charge in [-0.3, -0.25) is 4.90 Å². The van der Waals surface area contributed by atoms with Gasteiger partial charge in [0.25, 0.3) is 0 Å². The van der Waals surface area contributed by atoms with E-state index in [1.807, 2.05) is 6.07 Å². The first-order valence-corrected chi connectivity index (χ1v) is 14.2. The van der Waals surface area contributed by atoms with E-state index in [4.69, 9.17) is 14.9 Å². The first kappa shape index (κ1) is 24.1. The second-order valence-corrected chi connectivity index (χ2v) is 13.0. The highest BCUT2D eigenvalue weighted by Crippen LogP contribution is 2.70. The standard InChI is InChI=1S/C29H44N2O4/c1-27-10-7-21(31-13-14-34-22(16-30)17-31)15-20(27)4-5-25-24(27)8-11-28(2)23(9-12-29(25,28)33)19-3-6-26(32)35-18-19/h3,6,18,20-25,33H,4-5,7-17,30H2,1-2H3/t20-,21+,22-,23-,24+,25-,27+,28-,29+/m1/s1. The van der Waals surface area contributed by atoms with Crippen molar-refractivity contribution in [2.24, 2.45) is 34.3 Å². The summed E-state index contributed by atoms with van der Waals surface area (Å²) in [4.78, 5) is 14.2. The van der Waals surface area contributed by atoms with Gasteiger partial charge in [-0.15, -0.1) is 0 Å². The van der Waals surface area contributed by atoms with E-state index < -0.39 is 5.60 Å². The maximum atomic E-state index is 12.4. The Kier molecular flexibility index (Phi) is 5.99. The van der Waals surface area contributed by atoms with Crippen molar-refractivity contribution in [1.29, 1.82) is 0 Å². The highest BCUT2D eigenvalue weighted by atomic mass is 16.5. The molecule has 2 heterocycles. The molecule has 194 valence electrons. The van der Waals surface area contributed by atoms with Crippen LogP contribution in [0.25, 0.3) is 0 Å². The molecule has 1 aromatic heterocycles. The third kappa shape index (κ3) is 3.61. The minimum Gasteiger partial charge on any atom is -0.431 e. The smallest absolute Gasteiger partial charge is 0.335 e. The molecule has 35 heavy (non-hydrogen) atoms. The Bertz CT molecular complexity index is 977. The monoisotopic (exact) mass is 484 g/mol. The van der Waals surface area contributed by atoms with Gasteiger partial charge < -0.3 is 20.0 Å². The van der Waals surface area contributed by atoms with Crippen LogP contribution < -0.4 is 11.4 Å². The van der Waals surface area contributed by atoms with Crippen LogP contribution in [0.5, 0.6) is 0 Å². The molecule has 6 nitrogen and oxygen atoms in total. The topological polar surface area (TPSA) is 88.9 Å². The van der Waals surface area contributed by atoms with Crippen molar-refractivity contribution in [2.45, 2.75) is 95.3 Å². The largest absolute Gasteiger partial charge is 0.431 e. The van der Waals surface area contributed by atoms with Crippen molar-refractivity contribution >= 4 is 0 Å². The molecule has 0 aromatic carbocycles. The number of hydrogen-bond donors (Lipinski definition) is 2. The van der Waals surface area contributed by atoms with Gasteiger partial charge in [-0.1, -0.05) is 13.8 Å². The zero-order chi connectivity index (χ0) is 24.4. The molecule has 4 saturated carbocycles. The number of nitrogens with two attached hydrogens (primary N) is 1. The molecule has 9 atom stereocenters. The van der Waals surface area contributed by atoms with Crippen LogP contribution in [-0.2, 0) is 4.74 Å². The number of nitrogens with zero attached hydrogens (tertiary/aromatic N) is 1. The van der Waals surface area contributed by atoms with Crippen LogP contribution in [0, 0.1) is 28.6 Å². The Morgan fingerprint density at radius 1 is 1.09 bits per heavy atom. The maximum Gasteiger partial charge on any atom is 0.335 e. The third-order valence-electron chi connectivity index (χ3n) is 11.9. The lowest BCUT2D eigenvalue weighted by Crippen LogP contribution is -2.62. The molecule has 0 unspecified atom stereocenters. The van der Waals surface area contributed by atoms with Gasteiger partial charge in [0.2, 0.25) is 0 Å². The van der Waals surface area contributed by atoms with Crippen LogP contribution in [0.15, 0.2) is 27.6 Å². The number of morpholine rings is 1. The number of ether oxygens (including phenoxy) is 1. The summed E-state index contributed by atoms with van der Waals surface area (Å²) < 4.78 is 11.1. The van der Waals surface area contributed by atoms with Crippen LogP contribution in [0.3, 0.4) is 0 Å². The van der Waals surface area contributed by atoms with Crippen LogP contribution >= 0.6 is 0 Å². The van der Waals surface area contributed by atoms with Gasteiger partial charge in [0.05, 0.1) is 24.6 Å². The fraction of sp³-hybridized carbons (Fsp3) is 0.828. The van der Waals surface area contributed by atoms with Crippen molar-refractivity contribution in [3.8, 4) is 0 Å². The normalized spacial score (nSPS) is 48.1. The zero-order valence-electron chi connectivity index (χ0n) is 21.6. The van der Waals surface area contributed by atoms with E-state index >= 15 is 0 Å². The second kappa shape index (κ2) is 8.68. The van der Waals surface area contributed by atoms with Gasteiger partial charge in [0, 0.05) is 37.2 Å². The molecule has 0 amide bonds. The van der Waals surface area contributed by atoms with Crippen molar-refractivity contribution in [2.75, 3.05) is 26.2 Å². The minimum atomic E-state index is -0.625. The third-order valence-corrected chi connectivity index (χ3v) is 11.9. The predicted octanol–water partition coefficient (Wildman–Crippen LogP) is 3.91. The fourth-order valence-electron chi connectivity index (χ4n) is 9.85. The SMILES string of the molecule is C[C@]12CC[C@H](N3CCO[C@H](CN)C3)C[C@H]1CC[C@@H]1[C@@H]2CC[C@]2(C)[C@@H](c3ccc(=O)oc3)CC[C@]12O. The summed E-state index contributed by atoms with van der Waals surface area (Å²) in [6.07, 6.45) is 12.2. The van der Waals surface area contributed by atoms with Crippen LogP contribution in [0.1, 0.15) is 83.1 Å². The Labute approximate surface area is 209 Å². The summed E-state index contributed by atoms with van der Waals surface area (Å²) in [5.74, 6) is 1.99. The van der Waals surface area contributed by atoms with E-state index in [2.05, 4.69) is 18.7 Å². The lowest BCUT2D eigenvalue weighted by atomic mass is 9.43. The van der Waals surface area contributed by atoms with E-state index in [-0.39, 0.29) is 23.1 Å². The van der Waals surface area contributed by atoms with Crippen LogP contribution in [-0.4, -0.2) is 54.0 Å². The first-order valence-electron chi connectivity index (χ1n) is 14.2. The van der Waals surface area contributed by atoms with Gasteiger partial charge in [0.15, 0.2) is 0 Å². The molecule has 6 rings (SSSR count). The molecule has 5 aliphatic rings. The van der Waals surface area contributed by atoms with Crippen LogP contribution in [0.4, 0.5) is 0 Å². The molecule has 1 aliphatic heterocycles. The predicted molar refractivity (Wildman–Crippen MR) is 135 cm³/mol. The summed E-state index contributed by atoms with van der Waals surface area (Å²) in [7, 11) is 0. The molecule has 0 bridgehead atoms. The first-order chi connectivity index (χ1) is 16.8. The van der Waals surface area contributed by atoms with Crippen molar-refractivity contribution < 1.29 is 14.3 Å². The van der Waals surface area contributed by atoms with E-state index in [9.17, 15) is 9.90 Å². The second-order valence-electron chi connectivity index (χ2n) is 13.0. The molecule has 1 saturated heterocycles. The van der Waals surface area contributed by atoms with Crippen molar-refractivity contribution in [3.05, 3.63) is 34.4 Å². The van der Waals surface area contributed by atoms with Crippen molar-refractivity contribution in [3.63, 3.8) is 0 Å². The van der Waals surface area contributed by atoms with E-state index in [1.165, 1.54) is 38.2 Å². The summed E-state index contributed by atoms with van der Waals surface area (Å²) in [6, 6.07) is 4.12. The molecular formula is C29H44N2O4. The van der Waals surface area contributed by atoms with Crippen LogP contribution in [0.2, 0.25) is 0 Å². The minimum absolute atomic E-state index is 0.153. The number of hydrogen-bond acceptors (Lipinski definition) is 6. The van der Waals surface area contributed by atoms with Gasteiger partial charge in [-0.05, 0) is 98.5 Å². The number of aliphatic hydroxyl groups is 1. The number of rotatable bonds is 3. The maximum absolute atomic E-state index is 12.4. The molecule has 1 aromatic rings. The highest BCUT2D eigenvalue weighted by Gasteiger charge is 2.67. The lowest BCUT2D eigenvalue weighted by molar-refractivity contribution is -0.204. The zero-order valence-corrected chi connectivity index (χ0v) is 21.6. The molecular weight excluding hydrogens is 440 g/mol. The molecule has 4 aliphatic carbocycles. The average Bonchev–Trinajstić information content (AvgIpc) is 3.15.